The van der Waals surface area contributed by atoms with Gasteiger partial charge in [-0.1, -0.05) is 12.1 Å². The van der Waals surface area contributed by atoms with Crippen LogP contribution in [0.2, 0.25) is 0 Å². The van der Waals surface area contributed by atoms with E-state index in [-0.39, 0.29) is 6.42 Å². The quantitative estimate of drug-likeness (QED) is 0.615. The van der Waals surface area contributed by atoms with Gasteiger partial charge in [-0.3, -0.25) is 4.79 Å². The Kier molecular flexibility index (Phi) is 5.47. The van der Waals surface area contributed by atoms with E-state index in [1.165, 1.54) is 7.11 Å². The first-order valence-electron chi connectivity index (χ1n) is 5.15. The summed E-state index contributed by atoms with van der Waals surface area (Å²) < 4.78 is 4.43. The molecule has 0 bridgehead atoms. The molecule has 0 saturated carbocycles. The van der Waals surface area contributed by atoms with Crippen LogP contribution in [0.25, 0.3) is 0 Å². The fourth-order valence-electron chi connectivity index (χ4n) is 1.39. The van der Waals surface area contributed by atoms with E-state index >= 15 is 0 Å². The number of hydrogen-bond donors (Lipinski definition) is 2. The predicted octanol–water partition coefficient (Wildman–Crippen LogP) is 1.37. The lowest BCUT2D eigenvalue weighted by Crippen LogP contribution is -2.22. The molecule has 0 aliphatic heterocycles. The fourth-order valence-corrected chi connectivity index (χ4v) is 1.80. The molecular formula is C12H16O4S. The van der Waals surface area contributed by atoms with Crippen LogP contribution in [0.1, 0.15) is 18.1 Å². The number of methoxy groups -OCH3 is 1. The molecule has 0 fully saturated rings. The molecule has 0 aliphatic carbocycles. The number of aliphatic hydroxyl groups excluding tert-OH is 2. The minimum absolute atomic E-state index is 0.220. The van der Waals surface area contributed by atoms with Gasteiger partial charge in [-0.15, -0.1) is 11.8 Å². The highest BCUT2D eigenvalue weighted by Gasteiger charge is 2.21. The van der Waals surface area contributed by atoms with Gasteiger partial charge in [-0.2, -0.15) is 0 Å². The van der Waals surface area contributed by atoms with Crippen molar-refractivity contribution in [1.82, 2.24) is 0 Å². The van der Waals surface area contributed by atoms with Crippen LogP contribution < -0.4 is 0 Å². The molecule has 0 heterocycles. The molecule has 2 unspecified atom stereocenters. The molecule has 17 heavy (non-hydrogen) atoms. The van der Waals surface area contributed by atoms with Crippen molar-refractivity contribution in [2.24, 2.45) is 0 Å². The van der Waals surface area contributed by atoms with Crippen molar-refractivity contribution in [3.05, 3.63) is 29.8 Å². The summed E-state index contributed by atoms with van der Waals surface area (Å²) in [5.41, 5.74) is 0.583. The minimum Gasteiger partial charge on any atom is -0.469 e. The lowest BCUT2D eigenvalue weighted by molar-refractivity contribution is -0.144. The predicted molar refractivity (Wildman–Crippen MR) is 65.8 cm³/mol. The smallest absolute Gasteiger partial charge is 0.308 e. The number of rotatable bonds is 5. The Bertz CT molecular complexity index is 363. The molecule has 0 spiro atoms. The van der Waals surface area contributed by atoms with E-state index in [0.717, 1.165) is 4.90 Å². The van der Waals surface area contributed by atoms with Gasteiger partial charge in [0.25, 0.3) is 0 Å². The normalized spacial score (nSPS) is 14.1. The summed E-state index contributed by atoms with van der Waals surface area (Å²) in [7, 11) is 1.24. The van der Waals surface area contributed by atoms with E-state index < -0.39 is 18.2 Å². The molecule has 1 rings (SSSR count). The van der Waals surface area contributed by atoms with Crippen LogP contribution in [0, 0.1) is 0 Å². The van der Waals surface area contributed by atoms with Crippen LogP contribution in [0.5, 0.6) is 0 Å². The summed E-state index contributed by atoms with van der Waals surface area (Å²) in [6.45, 7) is 0. The maximum Gasteiger partial charge on any atom is 0.308 e. The Balaban J connectivity index is 2.67. The summed E-state index contributed by atoms with van der Waals surface area (Å²) in [6, 6.07) is 7.18. The molecule has 0 aliphatic rings. The summed E-state index contributed by atoms with van der Waals surface area (Å²) in [6.07, 6.45) is -0.493. The summed E-state index contributed by atoms with van der Waals surface area (Å²) in [5.74, 6) is -0.544. The van der Waals surface area contributed by atoms with Crippen LogP contribution in [-0.2, 0) is 9.53 Å². The first-order valence-corrected chi connectivity index (χ1v) is 6.38. The Labute approximate surface area is 105 Å². The third-order valence-corrected chi connectivity index (χ3v) is 3.17. The van der Waals surface area contributed by atoms with Gasteiger partial charge < -0.3 is 14.9 Å². The first-order chi connectivity index (χ1) is 8.08. The van der Waals surface area contributed by atoms with Crippen molar-refractivity contribution in [2.45, 2.75) is 23.5 Å². The molecule has 0 amide bonds. The minimum atomic E-state index is -1.15. The highest BCUT2D eigenvalue weighted by molar-refractivity contribution is 7.98. The van der Waals surface area contributed by atoms with Gasteiger partial charge in [0.15, 0.2) is 0 Å². The average Bonchev–Trinajstić information content (AvgIpc) is 2.37. The van der Waals surface area contributed by atoms with Gasteiger partial charge in [0, 0.05) is 4.90 Å². The summed E-state index contributed by atoms with van der Waals surface area (Å²) in [4.78, 5) is 12.0. The number of aliphatic hydroxyl groups is 2. The maximum atomic E-state index is 11.0. The lowest BCUT2D eigenvalue weighted by atomic mass is 10.0. The zero-order chi connectivity index (χ0) is 12.8. The molecule has 0 radical (unpaired) electrons. The monoisotopic (exact) mass is 256 g/mol. The molecule has 5 heteroatoms. The van der Waals surface area contributed by atoms with Crippen LogP contribution in [0.4, 0.5) is 0 Å². The molecular weight excluding hydrogens is 240 g/mol. The molecule has 2 atom stereocenters. The van der Waals surface area contributed by atoms with E-state index in [0.29, 0.717) is 5.56 Å². The van der Waals surface area contributed by atoms with E-state index in [1.807, 2.05) is 18.4 Å². The Morgan fingerprint density at radius 3 is 2.41 bits per heavy atom. The second kappa shape index (κ2) is 6.64. The topological polar surface area (TPSA) is 66.8 Å². The molecule has 0 aromatic heterocycles. The third kappa shape index (κ3) is 4.03. The molecule has 2 N–H and O–H groups in total. The average molecular weight is 256 g/mol. The van der Waals surface area contributed by atoms with Crippen LogP contribution in [-0.4, -0.2) is 35.7 Å². The zero-order valence-corrected chi connectivity index (χ0v) is 10.6. The number of thioether (sulfide) groups is 1. The van der Waals surface area contributed by atoms with Crippen LogP contribution in [0.15, 0.2) is 29.2 Å². The van der Waals surface area contributed by atoms with Crippen LogP contribution >= 0.6 is 11.8 Å². The zero-order valence-electron chi connectivity index (χ0n) is 9.79. The van der Waals surface area contributed by atoms with Crippen LogP contribution in [0.3, 0.4) is 0 Å². The largest absolute Gasteiger partial charge is 0.469 e. The highest BCUT2D eigenvalue weighted by Crippen LogP contribution is 2.22. The van der Waals surface area contributed by atoms with Gasteiger partial charge >= 0.3 is 5.97 Å². The Hall–Kier alpha value is -1.04. The van der Waals surface area contributed by atoms with Gasteiger partial charge in [-0.25, -0.2) is 0 Å². The summed E-state index contributed by atoms with van der Waals surface area (Å²) in [5, 5.41) is 19.5. The highest BCUT2D eigenvalue weighted by atomic mass is 32.2. The number of carbonyl (C=O) groups is 1. The van der Waals surface area contributed by atoms with Crippen molar-refractivity contribution < 1.29 is 19.7 Å². The van der Waals surface area contributed by atoms with Crippen molar-refractivity contribution in [3.63, 3.8) is 0 Å². The molecule has 1 aromatic carbocycles. The second-order valence-electron chi connectivity index (χ2n) is 3.57. The van der Waals surface area contributed by atoms with E-state index in [9.17, 15) is 15.0 Å². The van der Waals surface area contributed by atoms with E-state index in [4.69, 9.17) is 0 Å². The van der Waals surface area contributed by atoms with Gasteiger partial charge in [0.05, 0.1) is 19.6 Å². The van der Waals surface area contributed by atoms with Crippen molar-refractivity contribution >= 4 is 17.7 Å². The van der Waals surface area contributed by atoms with E-state index in [1.54, 1.807) is 23.9 Å². The third-order valence-electron chi connectivity index (χ3n) is 2.43. The van der Waals surface area contributed by atoms with Gasteiger partial charge in [0.2, 0.25) is 0 Å². The second-order valence-corrected chi connectivity index (χ2v) is 4.45. The Morgan fingerprint density at radius 2 is 1.94 bits per heavy atom. The SMILES string of the molecule is COC(=O)CC(O)C(O)c1ccc(SC)cc1. The molecule has 1 aromatic rings. The fraction of sp³-hybridized carbons (Fsp3) is 0.417. The number of hydrogen-bond acceptors (Lipinski definition) is 5. The molecule has 94 valence electrons. The van der Waals surface area contributed by atoms with Crippen molar-refractivity contribution in [2.75, 3.05) is 13.4 Å². The van der Waals surface area contributed by atoms with Gasteiger partial charge in [-0.05, 0) is 24.0 Å². The standard InChI is InChI=1S/C12H16O4S/c1-16-11(14)7-10(13)12(15)8-3-5-9(17-2)6-4-8/h3-6,10,12-13,15H,7H2,1-2H3. The van der Waals surface area contributed by atoms with E-state index in [2.05, 4.69) is 4.74 Å². The maximum absolute atomic E-state index is 11.0. The number of ether oxygens (including phenoxy) is 1. The summed E-state index contributed by atoms with van der Waals surface area (Å²) >= 11 is 1.59. The number of benzene rings is 1. The molecule has 0 saturated heterocycles. The number of carbonyl (C=O) groups excluding carboxylic acids is 1. The first kappa shape index (κ1) is 14.0. The number of esters is 1. The van der Waals surface area contributed by atoms with Crippen molar-refractivity contribution in [3.8, 4) is 0 Å². The Morgan fingerprint density at radius 1 is 1.35 bits per heavy atom. The van der Waals surface area contributed by atoms with Gasteiger partial charge in [0.1, 0.15) is 6.10 Å². The lowest BCUT2D eigenvalue weighted by Gasteiger charge is -2.17. The molecule has 4 nitrogen and oxygen atoms in total. The van der Waals surface area contributed by atoms with Crippen molar-refractivity contribution in [1.29, 1.82) is 0 Å².